The van der Waals surface area contributed by atoms with Gasteiger partial charge in [-0.1, -0.05) is 0 Å². The molecule has 0 unspecified atom stereocenters. The summed E-state index contributed by atoms with van der Waals surface area (Å²) in [4.78, 5) is 86.2. The summed E-state index contributed by atoms with van der Waals surface area (Å²) in [6.45, 7) is 0. The van der Waals surface area contributed by atoms with Crippen LogP contribution in [-0.4, -0.2) is 105 Å². The van der Waals surface area contributed by atoms with Crippen LogP contribution in [0.2, 0.25) is 0 Å². The summed E-state index contributed by atoms with van der Waals surface area (Å²) in [5.41, 5.74) is -6.30. The summed E-state index contributed by atoms with van der Waals surface area (Å²) in [6, 6.07) is 2.05. The molecule has 35 nitrogen and oxygen atoms in total. The molecule has 2 aromatic rings. The van der Waals surface area contributed by atoms with Crippen LogP contribution in [0.5, 0.6) is 0 Å². The van der Waals surface area contributed by atoms with Crippen LogP contribution in [0.15, 0.2) is 24.3 Å². The Kier molecular flexibility index (Phi) is 231. The van der Waals surface area contributed by atoms with Crippen molar-refractivity contribution in [3.05, 3.63) is 68.8 Å². The number of hydrogen-bond donors (Lipinski definition) is 8. The van der Waals surface area contributed by atoms with Crippen LogP contribution in [0.25, 0.3) is 0 Å². The van der Waals surface area contributed by atoms with Gasteiger partial charge >= 0.3 is 47.8 Å². The molecule has 0 aliphatic carbocycles. The van der Waals surface area contributed by atoms with Crippen LogP contribution in [0.3, 0.4) is 0 Å². The summed E-state index contributed by atoms with van der Waals surface area (Å²) < 4.78 is 0. The molecule has 0 fully saturated rings. The maximum atomic E-state index is 10.8. The average Bonchev–Trinajstić information content (AvgIpc) is 2.76. The van der Waals surface area contributed by atoms with Gasteiger partial charge in [0.1, 0.15) is 0 Å². The Labute approximate surface area is 414 Å². The number of carboxylic acids is 8. The zero-order valence-electron chi connectivity index (χ0n) is 30.2. The summed E-state index contributed by atoms with van der Waals surface area (Å²) in [5.74, 6) is -13.3. The topological polar surface area (TPSA) is 921 Å². The average molecular weight is 1280 g/mol. The molecule has 2 aromatic carbocycles. The van der Waals surface area contributed by atoms with Crippen molar-refractivity contribution >= 4 is 47.8 Å². The molecule has 0 aromatic heterocycles. The second kappa shape index (κ2) is 78.5. The molecule has 0 aliphatic rings. The third-order valence-corrected chi connectivity index (χ3v) is 4.16. The van der Waals surface area contributed by atoms with Gasteiger partial charge in [0.2, 0.25) is 0 Å². The smallest absolute Gasteiger partial charge is 0.336 e. The fraction of sp³-hybridized carbons (Fsp3) is 0. The van der Waals surface area contributed by atoms with Gasteiger partial charge in [0, 0.05) is 117 Å². The predicted molar refractivity (Wildman–Crippen MR) is 197 cm³/mol. The van der Waals surface area contributed by atoms with E-state index in [1.54, 1.807) is 0 Å². The SMILES string of the molecule is O.O.O.O=C(O)c1cc(C(=O)O)c(C(=O)O)cc1C(=O)O.O=C(O)c1cc(C(=O)O)c(C(=O)O)cc1C(=O)O.[Co].[Co].[Co].[Co].[Co].[Co].[Co].[OH3+].[OH3+].[OH3+].[OH3+].[OH3+].[OH3+].[OH3+].[OH3+].[OH3+].[OH3+].[OH3+].[OH3+].[OH3+].[OH3+].[OH3+].[OH3+]. The van der Waals surface area contributed by atoms with Gasteiger partial charge in [-0.25, -0.2) is 38.4 Å². The van der Waals surface area contributed by atoms with Crippen molar-refractivity contribution in [1.82, 2.24) is 0 Å². The third-order valence-electron chi connectivity index (χ3n) is 4.16. The third kappa shape index (κ3) is 48.0. The van der Waals surface area contributed by atoms with Crippen molar-refractivity contribution in [2.24, 2.45) is 0 Å². The molecule has 62 heavy (non-hydrogen) atoms. The van der Waals surface area contributed by atoms with Crippen LogP contribution in [-0.2, 0) is 205 Å². The van der Waals surface area contributed by atoms with Crippen LogP contribution in [0, 0.1) is 0 Å². The van der Waals surface area contributed by atoms with Gasteiger partial charge in [-0.05, 0) is 24.3 Å². The van der Waals surface area contributed by atoms with Gasteiger partial charge in [-0.3, -0.25) is 0 Å². The second-order valence-electron chi connectivity index (χ2n) is 6.33. The normalized spacial score (nSPS) is 5.68. The Morgan fingerprint density at radius 3 is 0.290 bits per heavy atom. The molecule has 0 saturated heterocycles. The summed E-state index contributed by atoms with van der Waals surface area (Å²) in [6.07, 6.45) is 0. The minimum Gasteiger partial charge on any atom is -0.478 e. The predicted octanol–water partition coefficient (Wildman–Crippen LogP) is -16.3. The fourth-order valence-electron chi connectivity index (χ4n) is 2.61. The first-order chi connectivity index (χ1) is 16.5. The minimum atomic E-state index is -1.66. The molecule has 62 N–H and O–H groups in total. The zero-order valence-corrected chi connectivity index (χ0v) is 37.5. The van der Waals surface area contributed by atoms with E-state index in [9.17, 15) is 38.4 Å². The molecule has 0 aliphatic heterocycles. The Morgan fingerprint density at radius 2 is 0.258 bits per heavy atom. The summed E-state index contributed by atoms with van der Waals surface area (Å²) in [7, 11) is 0. The van der Waals surface area contributed by atoms with Crippen molar-refractivity contribution in [2.75, 3.05) is 0 Å². The summed E-state index contributed by atoms with van der Waals surface area (Å²) >= 11 is 0. The van der Waals surface area contributed by atoms with Gasteiger partial charge in [-0.15, -0.1) is 0 Å². The Morgan fingerprint density at radius 1 is 0.210 bits per heavy atom. The Balaban J connectivity index is -0.0000000123. The molecule has 403 valence electrons. The number of benzene rings is 2. The number of aromatic carboxylic acids is 8. The first kappa shape index (κ1) is 182. The van der Waals surface area contributed by atoms with Crippen molar-refractivity contribution in [2.45, 2.75) is 0 Å². The first-order valence-electron chi connectivity index (χ1n) is 8.73. The maximum absolute atomic E-state index is 10.8. The van der Waals surface area contributed by atoms with E-state index in [4.69, 9.17) is 40.9 Å². The molecular weight excluding hydrogens is 1210 g/mol. The molecule has 0 atom stereocenters. The molecule has 0 saturated carbocycles. The van der Waals surface area contributed by atoms with E-state index >= 15 is 0 Å². The van der Waals surface area contributed by atoms with E-state index in [0.29, 0.717) is 24.3 Å². The van der Waals surface area contributed by atoms with Gasteiger partial charge in [-0.2, -0.15) is 0 Å². The fourth-order valence-corrected chi connectivity index (χ4v) is 2.61. The van der Waals surface area contributed by atoms with Crippen LogP contribution < -0.4 is 0 Å². The molecule has 0 heterocycles. The van der Waals surface area contributed by atoms with Gasteiger partial charge in [0.25, 0.3) is 0 Å². The van der Waals surface area contributed by atoms with Crippen molar-refractivity contribution in [1.29, 1.82) is 0 Å². The van der Waals surface area contributed by atoms with Gasteiger partial charge < -0.3 is 145 Å². The van der Waals surface area contributed by atoms with E-state index in [1.165, 1.54) is 0 Å². The number of rotatable bonds is 8. The molecule has 2 rings (SSSR count). The molecular formula is C20H66Co7O35+16. The van der Waals surface area contributed by atoms with E-state index in [2.05, 4.69) is 0 Å². The van der Waals surface area contributed by atoms with Crippen LogP contribution >= 0.6 is 0 Å². The monoisotopic (exact) mass is 1280 g/mol. The largest absolute Gasteiger partial charge is 0.478 e. The molecule has 0 bridgehead atoms. The standard InChI is InChI=1S/2C10H6O8.7Co.19H2O/c2*11-7(12)3-1-4(8(13)14)6(10(17)18)2-5(3)9(15)16;;;;;;;;;;;;;;;;;;;;;;;;;;/h2*1-2H,(H,11,12)(H,13,14)(H,15,16)(H,17,18);;;;;;;;19*1H2/p+16. The molecule has 42 heteroatoms. The van der Waals surface area contributed by atoms with E-state index in [1.807, 2.05) is 0 Å². The molecule has 7 radical (unpaired) electrons. The number of carbonyl (C=O) groups is 8. The Hall–Kier alpha value is -3.01. The van der Waals surface area contributed by atoms with Crippen molar-refractivity contribution in [3.8, 4) is 0 Å². The van der Waals surface area contributed by atoms with E-state index in [0.717, 1.165) is 0 Å². The van der Waals surface area contributed by atoms with Gasteiger partial charge in [0.15, 0.2) is 0 Å². The first-order valence-corrected chi connectivity index (χ1v) is 8.73. The minimum absolute atomic E-state index is 0. The molecule has 0 spiro atoms. The van der Waals surface area contributed by atoms with Gasteiger partial charge in [0.05, 0.1) is 44.5 Å². The van der Waals surface area contributed by atoms with Crippen LogP contribution in [0.1, 0.15) is 82.9 Å². The quantitative estimate of drug-likeness (QED) is 0.114. The summed E-state index contributed by atoms with van der Waals surface area (Å²) in [5, 5.41) is 70.0. The number of carboxylic acid groups (broad SMARTS) is 8. The maximum Gasteiger partial charge on any atom is 0.336 e. The Bertz CT molecular complexity index is 1100. The zero-order chi connectivity index (χ0) is 28.1. The molecule has 0 amide bonds. The van der Waals surface area contributed by atoms with Crippen molar-refractivity contribution < 1.29 is 301 Å². The van der Waals surface area contributed by atoms with Crippen molar-refractivity contribution in [3.63, 3.8) is 0 Å². The number of hydrogen-bond acceptors (Lipinski definition) is 8. The van der Waals surface area contributed by atoms with Crippen LogP contribution in [0.4, 0.5) is 0 Å². The van der Waals surface area contributed by atoms with E-state index in [-0.39, 0.29) is 221 Å². The van der Waals surface area contributed by atoms with E-state index < -0.39 is 92.3 Å². The second-order valence-corrected chi connectivity index (χ2v) is 6.33.